The summed E-state index contributed by atoms with van der Waals surface area (Å²) in [5.41, 5.74) is -0.958. The van der Waals surface area contributed by atoms with E-state index in [9.17, 15) is 33.3 Å². The van der Waals surface area contributed by atoms with E-state index in [1.165, 1.54) is 6.92 Å². The van der Waals surface area contributed by atoms with Gasteiger partial charge in [0, 0.05) is 5.25 Å². The SMILES string of the molecule is CS[C@H]1O[C@H]([C@H](NC(=O)C(F)(F)F)[C@H](C)S)[C@H](O)[C@H](O)[C@H]1O. The van der Waals surface area contributed by atoms with Crippen LogP contribution in [0.1, 0.15) is 6.92 Å². The number of thiol groups is 1. The zero-order valence-electron chi connectivity index (χ0n) is 11.7. The van der Waals surface area contributed by atoms with Gasteiger partial charge in [0.05, 0.1) is 6.04 Å². The van der Waals surface area contributed by atoms with Gasteiger partial charge in [0.2, 0.25) is 0 Å². The minimum Gasteiger partial charge on any atom is -0.388 e. The van der Waals surface area contributed by atoms with Gasteiger partial charge < -0.3 is 25.4 Å². The Morgan fingerprint density at radius 1 is 1.27 bits per heavy atom. The highest BCUT2D eigenvalue weighted by molar-refractivity contribution is 7.99. The van der Waals surface area contributed by atoms with Crippen LogP contribution in [0, 0.1) is 0 Å². The normalized spacial score (nSPS) is 35.8. The van der Waals surface area contributed by atoms with Crippen molar-refractivity contribution in [1.29, 1.82) is 0 Å². The molecule has 7 atom stereocenters. The fourth-order valence-corrected chi connectivity index (χ4v) is 3.00. The number of carbonyl (C=O) groups excluding carboxylic acids is 1. The van der Waals surface area contributed by atoms with Crippen molar-refractivity contribution < 1.29 is 38.0 Å². The Morgan fingerprint density at radius 2 is 1.82 bits per heavy atom. The monoisotopic (exact) mass is 365 g/mol. The van der Waals surface area contributed by atoms with Gasteiger partial charge in [0.15, 0.2) is 0 Å². The molecule has 0 radical (unpaired) electrons. The summed E-state index contributed by atoms with van der Waals surface area (Å²) in [7, 11) is 0. The number of rotatable bonds is 4. The van der Waals surface area contributed by atoms with Crippen molar-refractivity contribution in [2.75, 3.05) is 6.26 Å². The summed E-state index contributed by atoms with van der Waals surface area (Å²) < 4.78 is 42.5. The fourth-order valence-electron chi connectivity index (χ4n) is 2.08. The van der Waals surface area contributed by atoms with Crippen molar-refractivity contribution in [1.82, 2.24) is 5.32 Å². The number of amides is 1. The van der Waals surface area contributed by atoms with Crippen LogP contribution in [0.15, 0.2) is 0 Å². The molecule has 1 amide bonds. The molecule has 0 bridgehead atoms. The maximum absolute atomic E-state index is 12.4. The molecule has 6 nitrogen and oxygen atoms in total. The average Bonchev–Trinajstić information content (AvgIpc) is 2.41. The zero-order chi connectivity index (χ0) is 17.2. The molecule has 0 spiro atoms. The van der Waals surface area contributed by atoms with Gasteiger partial charge in [-0.2, -0.15) is 25.8 Å². The van der Waals surface area contributed by atoms with Crippen LogP contribution in [0.3, 0.4) is 0 Å². The van der Waals surface area contributed by atoms with Crippen LogP contribution >= 0.6 is 24.4 Å². The lowest BCUT2D eigenvalue weighted by Gasteiger charge is -2.44. The number of thioether (sulfide) groups is 1. The van der Waals surface area contributed by atoms with Crippen LogP contribution in [0.5, 0.6) is 0 Å². The Labute approximate surface area is 134 Å². The summed E-state index contributed by atoms with van der Waals surface area (Å²) in [5.74, 6) is -2.20. The molecular weight excluding hydrogens is 347 g/mol. The maximum Gasteiger partial charge on any atom is 0.471 e. The second kappa shape index (κ2) is 7.58. The first kappa shape index (κ1) is 19.8. The van der Waals surface area contributed by atoms with E-state index >= 15 is 0 Å². The molecule has 1 fully saturated rings. The number of hydrogen-bond acceptors (Lipinski definition) is 7. The Bertz CT molecular complexity index is 396. The average molecular weight is 365 g/mol. The molecule has 1 aliphatic rings. The van der Waals surface area contributed by atoms with E-state index in [0.29, 0.717) is 0 Å². The van der Waals surface area contributed by atoms with Crippen molar-refractivity contribution in [2.45, 2.75) is 54.2 Å². The Balaban J connectivity index is 2.97. The second-order valence-corrected chi connectivity index (χ2v) is 6.66. The molecule has 1 rings (SSSR count). The highest BCUT2D eigenvalue weighted by atomic mass is 32.2. The summed E-state index contributed by atoms with van der Waals surface area (Å²) in [4.78, 5) is 11.1. The summed E-state index contributed by atoms with van der Waals surface area (Å²) >= 11 is 5.01. The van der Waals surface area contributed by atoms with E-state index in [-0.39, 0.29) is 0 Å². The molecule has 1 saturated heterocycles. The van der Waals surface area contributed by atoms with Gasteiger partial charge in [-0.15, -0.1) is 11.8 Å². The number of alkyl halides is 3. The third kappa shape index (κ3) is 4.42. The predicted molar refractivity (Wildman–Crippen MR) is 76.6 cm³/mol. The van der Waals surface area contributed by atoms with Crippen molar-refractivity contribution in [2.24, 2.45) is 0 Å². The summed E-state index contributed by atoms with van der Waals surface area (Å²) in [5, 5.41) is 30.3. The van der Waals surface area contributed by atoms with Gasteiger partial charge in [-0.3, -0.25) is 4.79 Å². The first-order valence-corrected chi connectivity index (χ1v) is 8.09. The quantitative estimate of drug-likeness (QED) is 0.432. The summed E-state index contributed by atoms with van der Waals surface area (Å²) in [6.07, 6.45) is -9.59. The van der Waals surface area contributed by atoms with Gasteiger partial charge in [0.25, 0.3) is 0 Å². The van der Waals surface area contributed by atoms with Crippen LogP contribution in [0.2, 0.25) is 0 Å². The molecule has 0 saturated carbocycles. The zero-order valence-corrected chi connectivity index (χ0v) is 13.4. The van der Waals surface area contributed by atoms with E-state index in [1.54, 1.807) is 11.6 Å². The number of nitrogens with one attached hydrogen (secondary N) is 1. The van der Waals surface area contributed by atoms with E-state index in [1.807, 2.05) is 0 Å². The second-order valence-electron chi connectivity index (χ2n) is 4.91. The molecule has 130 valence electrons. The lowest BCUT2D eigenvalue weighted by atomic mass is 9.93. The van der Waals surface area contributed by atoms with Gasteiger partial charge in [0.1, 0.15) is 29.9 Å². The minimum absolute atomic E-state index is 0.809. The molecule has 1 heterocycles. The van der Waals surface area contributed by atoms with Crippen LogP contribution in [0.4, 0.5) is 13.2 Å². The molecule has 0 aromatic rings. The fraction of sp³-hybridized carbons (Fsp3) is 0.909. The van der Waals surface area contributed by atoms with Gasteiger partial charge >= 0.3 is 12.1 Å². The molecule has 22 heavy (non-hydrogen) atoms. The number of aliphatic hydroxyl groups is 3. The molecule has 11 heteroatoms. The van der Waals surface area contributed by atoms with Crippen molar-refractivity contribution in [3.05, 3.63) is 0 Å². The Hall–Kier alpha value is -0.200. The number of halogens is 3. The molecule has 0 aromatic heterocycles. The smallest absolute Gasteiger partial charge is 0.388 e. The summed E-state index contributed by atoms with van der Waals surface area (Å²) in [6.45, 7) is 1.41. The highest BCUT2D eigenvalue weighted by Crippen LogP contribution is 2.30. The summed E-state index contributed by atoms with van der Waals surface area (Å²) in [6, 6.07) is -1.32. The largest absolute Gasteiger partial charge is 0.471 e. The van der Waals surface area contributed by atoms with Crippen molar-refractivity contribution >= 4 is 30.3 Å². The van der Waals surface area contributed by atoms with E-state index in [2.05, 4.69) is 12.6 Å². The van der Waals surface area contributed by atoms with E-state index in [4.69, 9.17) is 4.74 Å². The topological polar surface area (TPSA) is 99.0 Å². The molecule has 4 N–H and O–H groups in total. The predicted octanol–water partition coefficient (Wildman–Crippen LogP) is -0.478. The number of ether oxygens (including phenoxy) is 1. The number of carbonyl (C=O) groups is 1. The van der Waals surface area contributed by atoms with E-state index < -0.39 is 53.2 Å². The Morgan fingerprint density at radius 3 is 2.23 bits per heavy atom. The third-order valence-electron chi connectivity index (χ3n) is 3.27. The van der Waals surface area contributed by atoms with Gasteiger partial charge in [-0.05, 0) is 6.26 Å². The third-order valence-corrected chi connectivity index (χ3v) is 4.44. The van der Waals surface area contributed by atoms with Gasteiger partial charge in [-0.25, -0.2) is 0 Å². The van der Waals surface area contributed by atoms with Crippen LogP contribution < -0.4 is 5.32 Å². The van der Waals surface area contributed by atoms with Crippen LogP contribution in [-0.2, 0) is 9.53 Å². The standard InChI is InChI=1S/C11H18F3NO5S2/c1-3(21)4(15-10(19)11(12,13)14)8-6(17)5(16)7(18)9(20-8)22-2/h3-9,16-18,21H,1-2H3,(H,15,19)/t3-,4+,5-,6+,7+,8+,9+/m0/s1. The van der Waals surface area contributed by atoms with Crippen molar-refractivity contribution in [3.8, 4) is 0 Å². The number of aliphatic hydroxyl groups excluding tert-OH is 3. The number of hydrogen-bond donors (Lipinski definition) is 5. The molecular formula is C11H18F3NO5S2. The molecule has 0 unspecified atom stereocenters. The molecule has 0 aromatic carbocycles. The first-order valence-electron chi connectivity index (χ1n) is 6.29. The molecule has 1 aliphatic heterocycles. The van der Waals surface area contributed by atoms with Gasteiger partial charge in [-0.1, -0.05) is 6.92 Å². The lowest BCUT2D eigenvalue weighted by molar-refractivity contribution is -0.207. The van der Waals surface area contributed by atoms with Crippen LogP contribution in [-0.4, -0.2) is 74.8 Å². The van der Waals surface area contributed by atoms with Crippen molar-refractivity contribution in [3.63, 3.8) is 0 Å². The highest BCUT2D eigenvalue weighted by Gasteiger charge is 2.49. The molecule has 0 aliphatic carbocycles. The maximum atomic E-state index is 12.4. The van der Waals surface area contributed by atoms with E-state index in [0.717, 1.165) is 11.8 Å². The lowest BCUT2D eigenvalue weighted by Crippen LogP contribution is -2.65. The minimum atomic E-state index is -5.10. The Kier molecular flexibility index (Phi) is 6.84. The first-order chi connectivity index (χ1) is 10.0. The van der Waals surface area contributed by atoms with Crippen LogP contribution in [0.25, 0.3) is 0 Å².